The molecule has 0 aliphatic carbocycles. The number of rotatable bonds is 4. The summed E-state index contributed by atoms with van der Waals surface area (Å²) in [5, 5.41) is 3.01. The molecule has 0 aliphatic heterocycles. The molecule has 2 aromatic rings. The van der Waals surface area contributed by atoms with E-state index in [0.717, 1.165) is 5.56 Å². The van der Waals surface area contributed by atoms with Crippen molar-refractivity contribution >= 4 is 29.0 Å². The highest BCUT2D eigenvalue weighted by Crippen LogP contribution is 2.26. The van der Waals surface area contributed by atoms with Crippen molar-refractivity contribution in [2.24, 2.45) is 0 Å². The predicted molar refractivity (Wildman–Crippen MR) is 80.2 cm³/mol. The topological polar surface area (TPSA) is 46.2 Å². The van der Waals surface area contributed by atoms with Crippen molar-refractivity contribution in [3.63, 3.8) is 0 Å². The highest BCUT2D eigenvalue weighted by atomic mass is 35.5. The summed E-state index contributed by atoms with van der Waals surface area (Å²) in [5.41, 5.74) is 1.79. The number of Topliss-reactive ketones (excluding diaryl/α,β-unsaturated/α-hetero) is 1. The lowest BCUT2D eigenvalue weighted by molar-refractivity contribution is -0.115. The van der Waals surface area contributed by atoms with Crippen LogP contribution in [0, 0.1) is 0 Å². The minimum absolute atomic E-state index is 0.130. The third kappa shape index (κ3) is 3.45. The van der Waals surface area contributed by atoms with Crippen LogP contribution in [0.5, 0.6) is 0 Å². The lowest BCUT2D eigenvalue weighted by Crippen LogP contribution is -2.15. The molecule has 4 heteroatoms. The first-order chi connectivity index (χ1) is 9.58. The van der Waals surface area contributed by atoms with Gasteiger partial charge in [-0.05, 0) is 24.6 Å². The molecular weight excluding hydrogens is 274 g/mol. The zero-order chi connectivity index (χ0) is 14.5. The summed E-state index contributed by atoms with van der Waals surface area (Å²) in [5.74, 6) is -0.298. The van der Waals surface area contributed by atoms with Gasteiger partial charge in [0.15, 0.2) is 5.78 Å². The minimum atomic E-state index is -0.168. The zero-order valence-electron chi connectivity index (χ0n) is 11.0. The molecular formula is C16H14ClNO2. The maximum atomic E-state index is 12.0. The average molecular weight is 288 g/mol. The Hall–Kier alpha value is -2.13. The van der Waals surface area contributed by atoms with Crippen molar-refractivity contribution in [3.8, 4) is 0 Å². The second kappa shape index (κ2) is 6.35. The lowest BCUT2D eigenvalue weighted by Gasteiger charge is -2.09. The second-order valence-corrected chi connectivity index (χ2v) is 4.81. The molecule has 1 amide bonds. The largest absolute Gasteiger partial charge is 0.324 e. The molecule has 0 aliphatic rings. The molecule has 20 heavy (non-hydrogen) atoms. The third-order valence-electron chi connectivity index (χ3n) is 2.86. The number of amides is 1. The number of anilines is 1. The molecule has 0 fully saturated rings. The summed E-state index contributed by atoms with van der Waals surface area (Å²) in [4.78, 5) is 23.4. The van der Waals surface area contributed by atoms with Gasteiger partial charge in [-0.2, -0.15) is 0 Å². The number of carbonyl (C=O) groups excluding carboxylic acids is 2. The maximum Gasteiger partial charge on any atom is 0.228 e. The molecule has 2 aromatic carbocycles. The standard InChI is InChI=1S/C16H14ClNO2/c1-11(19)13-8-5-9-14(16(13)17)18-15(20)10-12-6-3-2-4-7-12/h2-9H,10H2,1H3,(H,18,20). The van der Waals surface area contributed by atoms with Gasteiger partial charge in [-0.3, -0.25) is 9.59 Å². The monoisotopic (exact) mass is 287 g/mol. The van der Waals surface area contributed by atoms with E-state index < -0.39 is 0 Å². The van der Waals surface area contributed by atoms with E-state index in [4.69, 9.17) is 11.6 Å². The smallest absolute Gasteiger partial charge is 0.228 e. The third-order valence-corrected chi connectivity index (χ3v) is 3.27. The Morgan fingerprint density at radius 1 is 1.05 bits per heavy atom. The van der Waals surface area contributed by atoms with Crippen LogP contribution in [-0.2, 0) is 11.2 Å². The first-order valence-corrected chi connectivity index (χ1v) is 6.59. The molecule has 0 radical (unpaired) electrons. The van der Waals surface area contributed by atoms with E-state index in [1.807, 2.05) is 30.3 Å². The first kappa shape index (κ1) is 14.3. The Kier molecular flexibility index (Phi) is 4.53. The van der Waals surface area contributed by atoms with Crippen LogP contribution < -0.4 is 5.32 Å². The zero-order valence-corrected chi connectivity index (χ0v) is 11.8. The number of hydrogen-bond acceptors (Lipinski definition) is 2. The van der Waals surface area contributed by atoms with Crippen LogP contribution in [0.4, 0.5) is 5.69 Å². The van der Waals surface area contributed by atoms with Crippen LogP contribution in [0.1, 0.15) is 22.8 Å². The van der Waals surface area contributed by atoms with Crippen molar-refractivity contribution in [2.75, 3.05) is 5.32 Å². The molecule has 3 nitrogen and oxygen atoms in total. The molecule has 102 valence electrons. The number of nitrogens with one attached hydrogen (secondary N) is 1. The second-order valence-electron chi connectivity index (χ2n) is 4.43. The highest BCUT2D eigenvalue weighted by Gasteiger charge is 2.12. The summed E-state index contributed by atoms with van der Waals surface area (Å²) in [6, 6.07) is 14.4. The first-order valence-electron chi connectivity index (χ1n) is 6.21. The number of ketones is 1. The van der Waals surface area contributed by atoms with Crippen molar-refractivity contribution in [1.29, 1.82) is 0 Å². The van der Waals surface area contributed by atoms with Gasteiger partial charge in [0.1, 0.15) is 0 Å². The fourth-order valence-electron chi connectivity index (χ4n) is 1.88. The van der Waals surface area contributed by atoms with Crippen LogP contribution in [0.3, 0.4) is 0 Å². The number of benzene rings is 2. The summed E-state index contributed by atoms with van der Waals surface area (Å²) in [6.07, 6.45) is 0.265. The number of halogens is 1. The number of hydrogen-bond donors (Lipinski definition) is 1. The van der Waals surface area contributed by atoms with Gasteiger partial charge in [0.05, 0.1) is 17.1 Å². The maximum absolute atomic E-state index is 12.0. The fourth-order valence-corrected chi connectivity index (χ4v) is 2.18. The van der Waals surface area contributed by atoms with Gasteiger partial charge in [0, 0.05) is 5.56 Å². The Bertz CT molecular complexity index is 638. The van der Waals surface area contributed by atoms with Gasteiger partial charge in [0.25, 0.3) is 0 Å². The van der Waals surface area contributed by atoms with Gasteiger partial charge in [-0.15, -0.1) is 0 Å². The number of carbonyl (C=O) groups is 2. The van der Waals surface area contributed by atoms with Crippen LogP contribution >= 0.6 is 11.6 Å². The molecule has 2 rings (SSSR count). The van der Waals surface area contributed by atoms with Crippen molar-refractivity contribution in [3.05, 3.63) is 64.7 Å². The van der Waals surface area contributed by atoms with Crippen LogP contribution in [0.2, 0.25) is 5.02 Å². The van der Waals surface area contributed by atoms with E-state index in [9.17, 15) is 9.59 Å². The fraction of sp³-hybridized carbons (Fsp3) is 0.125. The molecule has 0 heterocycles. The Labute approximate surface area is 122 Å². The summed E-state index contributed by atoms with van der Waals surface area (Å²) < 4.78 is 0. The molecule has 0 aromatic heterocycles. The lowest BCUT2D eigenvalue weighted by atomic mass is 10.1. The van der Waals surface area contributed by atoms with Gasteiger partial charge < -0.3 is 5.32 Å². The predicted octanol–water partition coefficient (Wildman–Crippen LogP) is 3.72. The highest BCUT2D eigenvalue weighted by molar-refractivity contribution is 6.36. The van der Waals surface area contributed by atoms with E-state index >= 15 is 0 Å². The molecule has 0 saturated heterocycles. The Morgan fingerprint density at radius 2 is 1.75 bits per heavy atom. The summed E-state index contributed by atoms with van der Waals surface area (Å²) in [7, 11) is 0. The van der Waals surface area contributed by atoms with Gasteiger partial charge >= 0.3 is 0 Å². The van der Waals surface area contributed by atoms with Gasteiger partial charge in [-0.25, -0.2) is 0 Å². The van der Waals surface area contributed by atoms with Gasteiger partial charge in [0.2, 0.25) is 5.91 Å². The van der Waals surface area contributed by atoms with Crippen LogP contribution in [0.15, 0.2) is 48.5 Å². The van der Waals surface area contributed by atoms with Crippen LogP contribution in [-0.4, -0.2) is 11.7 Å². The Balaban J connectivity index is 2.12. The quantitative estimate of drug-likeness (QED) is 0.871. The Morgan fingerprint density at radius 3 is 2.40 bits per heavy atom. The normalized spacial score (nSPS) is 10.1. The van der Waals surface area contributed by atoms with Crippen molar-refractivity contribution in [1.82, 2.24) is 0 Å². The minimum Gasteiger partial charge on any atom is -0.324 e. The van der Waals surface area contributed by atoms with E-state index in [0.29, 0.717) is 11.3 Å². The van der Waals surface area contributed by atoms with E-state index in [-0.39, 0.29) is 23.1 Å². The van der Waals surface area contributed by atoms with Gasteiger partial charge in [-0.1, -0.05) is 48.0 Å². The SMILES string of the molecule is CC(=O)c1cccc(NC(=O)Cc2ccccc2)c1Cl. The van der Waals surface area contributed by atoms with E-state index in [1.165, 1.54) is 6.92 Å². The van der Waals surface area contributed by atoms with Crippen LogP contribution in [0.25, 0.3) is 0 Å². The van der Waals surface area contributed by atoms with Crippen molar-refractivity contribution < 1.29 is 9.59 Å². The molecule has 0 bridgehead atoms. The molecule has 0 spiro atoms. The molecule has 0 saturated carbocycles. The molecule has 0 unspecified atom stereocenters. The van der Waals surface area contributed by atoms with Crippen molar-refractivity contribution in [2.45, 2.75) is 13.3 Å². The summed E-state index contributed by atoms with van der Waals surface area (Å²) >= 11 is 6.12. The summed E-state index contributed by atoms with van der Waals surface area (Å²) in [6.45, 7) is 1.44. The van der Waals surface area contributed by atoms with E-state index in [1.54, 1.807) is 18.2 Å². The molecule has 0 atom stereocenters. The molecule has 1 N–H and O–H groups in total. The average Bonchev–Trinajstić information content (AvgIpc) is 2.42. The van der Waals surface area contributed by atoms with E-state index in [2.05, 4.69) is 5.32 Å².